The largest absolute Gasteiger partial charge is 0.491 e. The van der Waals surface area contributed by atoms with E-state index in [9.17, 15) is 5.11 Å². The summed E-state index contributed by atoms with van der Waals surface area (Å²) in [6.07, 6.45) is -0.394. The molecule has 0 heterocycles. The van der Waals surface area contributed by atoms with Gasteiger partial charge in [-0.3, -0.25) is 0 Å². The molecule has 0 radical (unpaired) electrons. The summed E-state index contributed by atoms with van der Waals surface area (Å²) in [5.41, 5.74) is 0.813. The van der Waals surface area contributed by atoms with Gasteiger partial charge in [-0.25, -0.2) is 0 Å². The summed E-state index contributed by atoms with van der Waals surface area (Å²) in [4.78, 5) is 0. The second-order valence-electron chi connectivity index (χ2n) is 3.52. The number of hydrogen-bond donors (Lipinski definition) is 1. The monoisotopic (exact) mass is 258 g/mol. The predicted molar refractivity (Wildman–Crippen MR) is 60.5 cm³/mol. The molecule has 3 heteroatoms. The quantitative estimate of drug-likeness (QED) is 0.902. The van der Waals surface area contributed by atoms with E-state index in [4.69, 9.17) is 4.74 Å². The summed E-state index contributed by atoms with van der Waals surface area (Å²) in [5.74, 6) is 0.748. The number of rotatable bonds is 3. The molecule has 0 aliphatic carbocycles. The van der Waals surface area contributed by atoms with E-state index in [0.717, 1.165) is 15.8 Å². The summed E-state index contributed by atoms with van der Waals surface area (Å²) in [5, 5.41) is 9.54. The zero-order valence-corrected chi connectivity index (χ0v) is 10.2. The minimum atomic E-state index is -0.513. The molecule has 1 N–H and O–H groups in total. The van der Waals surface area contributed by atoms with Crippen molar-refractivity contribution in [2.75, 3.05) is 0 Å². The summed E-state index contributed by atoms with van der Waals surface area (Å²) in [6, 6.07) is 5.65. The first-order chi connectivity index (χ1) is 6.50. The molecule has 2 nitrogen and oxygen atoms in total. The molecule has 1 atom stereocenters. The molecule has 0 bridgehead atoms. The summed E-state index contributed by atoms with van der Waals surface area (Å²) in [7, 11) is 0. The van der Waals surface area contributed by atoms with Crippen LogP contribution in [0.25, 0.3) is 0 Å². The Kier molecular flexibility index (Phi) is 3.96. The fourth-order valence-electron chi connectivity index (χ4n) is 1.21. The number of hydrogen-bond acceptors (Lipinski definition) is 2. The fourth-order valence-corrected chi connectivity index (χ4v) is 1.59. The lowest BCUT2D eigenvalue weighted by Crippen LogP contribution is -2.08. The molecule has 0 amide bonds. The first-order valence-electron chi connectivity index (χ1n) is 4.65. The Morgan fingerprint density at radius 2 is 1.93 bits per heavy atom. The van der Waals surface area contributed by atoms with Crippen LogP contribution in [0.3, 0.4) is 0 Å². The minimum Gasteiger partial charge on any atom is -0.491 e. The van der Waals surface area contributed by atoms with Crippen LogP contribution in [0.15, 0.2) is 22.7 Å². The van der Waals surface area contributed by atoms with E-state index in [1.807, 2.05) is 32.0 Å². The maximum absolute atomic E-state index is 9.54. The summed E-state index contributed by atoms with van der Waals surface area (Å²) in [6.45, 7) is 5.66. The van der Waals surface area contributed by atoms with Crippen LogP contribution in [-0.2, 0) is 0 Å². The van der Waals surface area contributed by atoms with Crippen molar-refractivity contribution in [2.24, 2.45) is 0 Å². The van der Waals surface area contributed by atoms with E-state index in [1.165, 1.54) is 0 Å². The molecule has 0 aromatic heterocycles. The van der Waals surface area contributed by atoms with E-state index in [-0.39, 0.29) is 6.10 Å². The van der Waals surface area contributed by atoms with Gasteiger partial charge < -0.3 is 9.84 Å². The van der Waals surface area contributed by atoms with Gasteiger partial charge in [-0.05, 0) is 39.0 Å². The van der Waals surface area contributed by atoms with Crippen molar-refractivity contribution < 1.29 is 9.84 Å². The second kappa shape index (κ2) is 4.80. The van der Waals surface area contributed by atoms with Crippen LogP contribution >= 0.6 is 15.9 Å². The molecular formula is C11H15BrO2. The SMILES string of the molecule is CC(C)Oc1ccc(Br)cc1[C@H](C)O. The molecule has 1 aromatic rings. The third-order valence-electron chi connectivity index (χ3n) is 1.78. The van der Waals surface area contributed by atoms with E-state index < -0.39 is 6.10 Å². The highest BCUT2D eigenvalue weighted by atomic mass is 79.9. The molecule has 14 heavy (non-hydrogen) atoms. The van der Waals surface area contributed by atoms with Crippen LogP contribution < -0.4 is 4.74 Å². The third-order valence-corrected chi connectivity index (χ3v) is 2.28. The number of ether oxygens (including phenoxy) is 1. The van der Waals surface area contributed by atoms with Crippen molar-refractivity contribution in [1.29, 1.82) is 0 Å². The Balaban J connectivity index is 3.02. The maximum atomic E-state index is 9.54. The molecule has 78 valence electrons. The van der Waals surface area contributed by atoms with Crippen LogP contribution in [0, 0.1) is 0 Å². The molecule has 1 aromatic carbocycles. The van der Waals surface area contributed by atoms with Gasteiger partial charge in [0.05, 0.1) is 12.2 Å². The molecule has 0 saturated carbocycles. The van der Waals surface area contributed by atoms with E-state index in [1.54, 1.807) is 6.92 Å². The molecule has 0 saturated heterocycles. The molecule has 0 aliphatic rings. The highest BCUT2D eigenvalue weighted by Crippen LogP contribution is 2.29. The van der Waals surface area contributed by atoms with Gasteiger partial charge in [0.2, 0.25) is 0 Å². The number of aliphatic hydroxyl groups excluding tert-OH is 1. The Morgan fingerprint density at radius 1 is 1.29 bits per heavy atom. The van der Waals surface area contributed by atoms with Gasteiger partial charge in [0.15, 0.2) is 0 Å². The minimum absolute atomic E-state index is 0.119. The topological polar surface area (TPSA) is 29.5 Å². The van der Waals surface area contributed by atoms with Crippen LogP contribution in [0.4, 0.5) is 0 Å². The average molecular weight is 259 g/mol. The van der Waals surface area contributed by atoms with Crippen molar-refractivity contribution in [2.45, 2.75) is 33.0 Å². The standard InChI is InChI=1S/C11H15BrO2/c1-7(2)14-11-5-4-9(12)6-10(11)8(3)13/h4-8,13H,1-3H3/t8-/m0/s1. The van der Waals surface area contributed by atoms with Gasteiger partial charge in [-0.15, -0.1) is 0 Å². The van der Waals surface area contributed by atoms with E-state index >= 15 is 0 Å². The molecular weight excluding hydrogens is 244 g/mol. The van der Waals surface area contributed by atoms with Gasteiger partial charge in [-0.2, -0.15) is 0 Å². The zero-order chi connectivity index (χ0) is 10.7. The lowest BCUT2D eigenvalue weighted by molar-refractivity contribution is 0.183. The highest BCUT2D eigenvalue weighted by Gasteiger charge is 2.10. The number of halogens is 1. The van der Waals surface area contributed by atoms with Gasteiger partial charge >= 0.3 is 0 Å². The number of aliphatic hydroxyl groups is 1. The van der Waals surface area contributed by atoms with Crippen molar-refractivity contribution in [3.05, 3.63) is 28.2 Å². The third kappa shape index (κ3) is 3.00. The zero-order valence-electron chi connectivity index (χ0n) is 8.62. The van der Waals surface area contributed by atoms with Gasteiger partial charge in [0.25, 0.3) is 0 Å². The van der Waals surface area contributed by atoms with Crippen molar-refractivity contribution in [1.82, 2.24) is 0 Å². The smallest absolute Gasteiger partial charge is 0.125 e. The molecule has 0 fully saturated rings. The Labute approximate surface area is 93.0 Å². The first-order valence-corrected chi connectivity index (χ1v) is 5.44. The Morgan fingerprint density at radius 3 is 2.43 bits per heavy atom. The van der Waals surface area contributed by atoms with Crippen LogP contribution in [0.1, 0.15) is 32.4 Å². The van der Waals surface area contributed by atoms with Gasteiger partial charge in [0.1, 0.15) is 5.75 Å². The van der Waals surface area contributed by atoms with Gasteiger partial charge in [0, 0.05) is 10.0 Å². The maximum Gasteiger partial charge on any atom is 0.125 e. The molecule has 0 aliphatic heterocycles. The molecule has 1 rings (SSSR count). The Hall–Kier alpha value is -0.540. The first kappa shape index (κ1) is 11.5. The molecule has 0 spiro atoms. The second-order valence-corrected chi connectivity index (χ2v) is 4.44. The van der Waals surface area contributed by atoms with E-state index in [2.05, 4.69) is 15.9 Å². The molecule has 0 unspecified atom stereocenters. The lowest BCUT2D eigenvalue weighted by Gasteiger charge is -2.16. The van der Waals surface area contributed by atoms with Crippen molar-refractivity contribution in [3.8, 4) is 5.75 Å². The lowest BCUT2D eigenvalue weighted by atomic mass is 10.1. The highest BCUT2D eigenvalue weighted by molar-refractivity contribution is 9.10. The van der Waals surface area contributed by atoms with Crippen molar-refractivity contribution >= 4 is 15.9 Å². The average Bonchev–Trinajstić information content (AvgIpc) is 2.07. The fraction of sp³-hybridized carbons (Fsp3) is 0.455. The van der Waals surface area contributed by atoms with Gasteiger partial charge in [-0.1, -0.05) is 15.9 Å². The number of benzene rings is 1. The van der Waals surface area contributed by atoms with Crippen LogP contribution in [0.2, 0.25) is 0 Å². The van der Waals surface area contributed by atoms with E-state index in [0.29, 0.717) is 0 Å². The normalized spacial score (nSPS) is 13.0. The summed E-state index contributed by atoms with van der Waals surface area (Å²) >= 11 is 3.36. The van der Waals surface area contributed by atoms with Crippen molar-refractivity contribution in [3.63, 3.8) is 0 Å². The van der Waals surface area contributed by atoms with Crippen LogP contribution in [0.5, 0.6) is 5.75 Å². The summed E-state index contributed by atoms with van der Waals surface area (Å²) < 4.78 is 6.53. The Bertz CT molecular complexity index is 308. The predicted octanol–water partition coefficient (Wildman–Crippen LogP) is 3.29. The van der Waals surface area contributed by atoms with Crippen LogP contribution in [-0.4, -0.2) is 11.2 Å².